The lowest BCUT2D eigenvalue weighted by atomic mass is 9.82. The lowest BCUT2D eigenvalue weighted by Gasteiger charge is -2.20. The van der Waals surface area contributed by atoms with Gasteiger partial charge in [0.2, 0.25) is 0 Å². The Morgan fingerprint density at radius 2 is 1.61 bits per heavy atom. The van der Waals surface area contributed by atoms with E-state index in [-0.39, 0.29) is 49.9 Å². The summed E-state index contributed by atoms with van der Waals surface area (Å²) in [7, 11) is 0. The molecule has 0 fully saturated rings. The van der Waals surface area contributed by atoms with Gasteiger partial charge in [-0.3, -0.25) is 19.2 Å². The average Bonchev–Trinajstić information content (AvgIpc) is 3.25. The maximum absolute atomic E-state index is 13.0. The molecule has 0 saturated carbocycles. The number of benzene rings is 2. The summed E-state index contributed by atoms with van der Waals surface area (Å²) >= 11 is 1.09. The van der Waals surface area contributed by atoms with Gasteiger partial charge in [0, 0.05) is 16.7 Å². The van der Waals surface area contributed by atoms with Crippen LogP contribution in [0.4, 0.5) is 10.7 Å². The van der Waals surface area contributed by atoms with Crippen molar-refractivity contribution in [1.82, 2.24) is 0 Å². The summed E-state index contributed by atoms with van der Waals surface area (Å²) in [6.07, 6.45) is -1.26. The predicted octanol–water partition coefficient (Wildman–Crippen LogP) is 2.39. The fourth-order valence-corrected chi connectivity index (χ4v) is 4.28. The molecular formula is C23H17N3O6S. The number of hydrogen-bond acceptors (Lipinski definition) is 8. The van der Waals surface area contributed by atoms with E-state index in [0.717, 1.165) is 11.3 Å². The molecule has 1 atom stereocenters. The van der Waals surface area contributed by atoms with Gasteiger partial charge in [0.1, 0.15) is 5.00 Å². The van der Waals surface area contributed by atoms with Crippen molar-refractivity contribution in [3.63, 3.8) is 0 Å². The van der Waals surface area contributed by atoms with Crippen LogP contribution in [0.15, 0.2) is 47.8 Å². The van der Waals surface area contributed by atoms with Crippen LogP contribution in [-0.4, -0.2) is 35.5 Å². The molecule has 4 rings (SSSR count). The van der Waals surface area contributed by atoms with Gasteiger partial charge < -0.3 is 21.5 Å². The van der Waals surface area contributed by atoms with Crippen molar-refractivity contribution in [2.24, 2.45) is 5.73 Å². The molecule has 2 aromatic carbocycles. The molecule has 1 unspecified atom stereocenters. The number of carbonyl (C=O) groups excluding carboxylic acids is 5. The predicted molar refractivity (Wildman–Crippen MR) is 121 cm³/mol. The van der Waals surface area contributed by atoms with E-state index in [1.165, 1.54) is 31.2 Å². The van der Waals surface area contributed by atoms with Crippen LogP contribution in [0.2, 0.25) is 0 Å². The maximum atomic E-state index is 13.0. The normalized spacial score (nSPS) is 13.0. The number of nitrogens with one attached hydrogen (secondary N) is 1. The number of nitrogen functional groups attached to an aromatic ring is 1. The van der Waals surface area contributed by atoms with E-state index >= 15 is 0 Å². The monoisotopic (exact) mass is 463 g/mol. The van der Waals surface area contributed by atoms with Gasteiger partial charge in [-0.2, -0.15) is 0 Å². The van der Waals surface area contributed by atoms with E-state index in [2.05, 4.69) is 5.32 Å². The minimum Gasteiger partial charge on any atom is -0.449 e. The number of anilines is 2. The second kappa shape index (κ2) is 8.32. The molecule has 9 nitrogen and oxygen atoms in total. The summed E-state index contributed by atoms with van der Waals surface area (Å²) in [5, 5.41) is 4.30. The second-order valence-corrected chi connectivity index (χ2v) is 8.13. The Balaban J connectivity index is 1.56. The van der Waals surface area contributed by atoms with Gasteiger partial charge in [-0.1, -0.05) is 24.3 Å². The van der Waals surface area contributed by atoms with Crippen molar-refractivity contribution >= 4 is 51.4 Å². The molecule has 0 saturated heterocycles. The van der Waals surface area contributed by atoms with Crippen molar-refractivity contribution in [2.45, 2.75) is 13.0 Å². The Bertz CT molecular complexity index is 1360. The number of hydrogen-bond donors (Lipinski definition) is 3. The Kier molecular flexibility index (Phi) is 5.52. The van der Waals surface area contributed by atoms with E-state index in [4.69, 9.17) is 16.2 Å². The van der Waals surface area contributed by atoms with Gasteiger partial charge in [-0.15, -0.1) is 11.3 Å². The molecule has 10 heteroatoms. The minimum atomic E-state index is -1.26. The topological polar surface area (TPSA) is 159 Å². The number of esters is 1. The zero-order valence-electron chi connectivity index (χ0n) is 17.2. The molecule has 3 aromatic rings. The fourth-order valence-electron chi connectivity index (χ4n) is 3.48. The number of ether oxygens (including phenoxy) is 1. The summed E-state index contributed by atoms with van der Waals surface area (Å²) in [4.78, 5) is 62.3. The van der Waals surface area contributed by atoms with Crippen molar-refractivity contribution in [3.05, 3.63) is 81.2 Å². The Morgan fingerprint density at radius 3 is 2.27 bits per heavy atom. The van der Waals surface area contributed by atoms with Crippen molar-refractivity contribution in [3.8, 4) is 0 Å². The van der Waals surface area contributed by atoms with E-state index in [9.17, 15) is 24.0 Å². The van der Waals surface area contributed by atoms with Gasteiger partial charge in [0.25, 0.3) is 11.8 Å². The van der Waals surface area contributed by atoms with E-state index in [1.54, 1.807) is 23.6 Å². The van der Waals surface area contributed by atoms with Crippen LogP contribution in [0, 0.1) is 0 Å². The van der Waals surface area contributed by atoms with Crippen LogP contribution >= 0.6 is 11.3 Å². The smallest absolute Gasteiger partial charge is 0.341 e. The highest BCUT2D eigenvalue weighted by Gasteiger charge is 2.33. The first-order valence-electron chi connectivity index (χ1n) is 9.70. The molecule has 0 aliphatic heterocycles. The molecule has 0 radical (unpaired) electrons. The summed E-state index contributed by atoms with van der Waals surface area (Å²) in [6, 6.07) is 10.4. The highest BCUT2D eigenvalue weighted by Crippen LogP contribution is 2.33. The van der Waals surface area contributed by atoms with Crippen molar-refractivity contribution in [2.75, 3.05) is 11.1 Å². The van der Waals surface area contributed by atoms with Crippen LogP contribution in [0.3, 0.4) is 0 Å². The quantitative estimate of drug-likeness (QED) is 0.303. The molecular weight excluding hydrogens is 446 g/mol. The van der Waals surface area contributed by atoms with E-state index < -0.39 is 29.7 Å². The van der Waals surface area contributed by atoms with Gasteiger partial charge in [0.15, 0.2) is 17.7 Å². The number of nitrogens with two attached hydrogens (primary N) is 2. The zero-order valence-corrected chi connectivity index (χ0v) is 18.0. The van der Waals surface area contributed by atoms with Crippen molar-refractivity contribution in [1.29, 1.82) is 0 Å². The molecule has 5 N–H and O–H groups in total. The molecule has 33 heavy (non-hydrogen) atoms. The number of primary amides is 1. The Hall–Kier alpha value is -4.31. The highest BCUT2D eigenvalue weighted by atomic mass is 32.1. The fraction of sp³-hybridized carbons (Fsp3) is 0.0870. The highest BCUT2D eigenvalue weighted by molar-refractivity contribution is 7.14. The molecule has 0 spiro atoms. The average molecular weight is 463 g/mol. The van der Waals surface area contributed by atoms with Gasteiger partial charge in [0.05, 0.1) is 22.4 Å². The zero-order chi connectivity index (χ0) is 23.9. The number of ketones is 2. The lowest BCUT2D eigenvalue weighted by molar-refractivity contribution is -0.123. The van der Waals surface area contributed by atoms with E-state index in [0.29, 0.717) is 0 Å². The molecule has 1 aliphatic carbocycles. The number of amides is 2. The Labute approximate surface area is 191 Å². The minimum absolute atomic E-state index is 0.0741. The van der Waals surface area contributed by atoms with Crippen LogP contribution in [0.1, 0.15) is 59.5 Å². The first kappa shape index (κ1) is 21.9. The summed E-state index contributed by atoms with van der Waals surface area (Å²) < 4.78 is 5.21. The van der Waals surface area contributed by atoms with Crippen LogP contribution in [0.25, 0.3) is 0 Å². The molecule has 1 heterocycles. The number of carbonyl (C=O) groups is 5. The second-order valence-electron chi connectivity index (χ2n) is 7.22. The SMILES string of the molecule is CC(OC(=O)c1ccc2c(c1N)C(=O)c1ccccc1C2=O)C(=O)Nc1sccc1C(N)=O. The maximum Gasteiger partial charge on any atom is 0.341 e. The van der Waals surface area contributed by atoms with Gasteiger partial charge in [-0.25, -0.2) is 4.79 Å². The molecule has 0 bridgehead atoms. The van der Waals surface area contributed by atoms with Crippen LogP contribution in [-0.2, 0) is 9.53 Å². The largest absolute Gasteiger partial charge is 0.449 e. The van der Waals surface area contributed by atoms with Crippen LogP contribution < -0.4 is 16.8 Å². The summed E-state index contributed by atoms with van der Waals surface area (Å²) in [5.41, 5.74) is 11.6. The third-order valence-corrected chi connectivity index (χ3v) is 6.00. The van der Waals surface area contributed by atoms with Gasteiger partial charge >= 0.3 is 5.97 Å². The summed E-state index contributed by atoms with van der Waals surface area (Å²) in [6.45, 7) is 1.34. The molecule has 2 amide bonds. The number of thiophene rings is 1. The molecule has 1 aliphatic rings. The van der Waals surface area contributed by atoms with E-state index in [1.807, 2.05) is 0 Å². The third-order valence-electron chi connectivity index (χ3n) is 5.17. The molecule has 1 aromatic heterocycles. The third kappa shape index (κ3) is 3.76. The number of rotatable bonds is 5. The number of fused-ring (bicyclic) bond motifs is 2. The first-order valence-corrected chi connectivity index (χ1v) is 10.6. The van der Waals surface area contributed by atoms with Crippen LogP contribution in [0.5, 0.6) is 0 Å². The standard InChI is InChI=1S/C23H17N3O6S/c1-10(21(30)26-22-15(20(25)29)8-9-33-22)32-23(31)14-7-6-13-16(17(14)24)19(28)12-5-3-2-4-11(12)18(13)27/h2-10H,24H2,1H3,(H2,25,29)(H,26,30). The summed E-state index contributed by atoms with van der Waals surface area (Å²) in [5.74, 6) is -3.20. The Morgan fingerprint density at radius 1 is 0.939 bits per heavy atom. The first-order chi connectivity index (χ1) is 15.7. The van der Waals surface area contributed by atoms with Crippen molar-refractivity contribution < 1.29 is 28.7 Å². The van der Waals surface area contributed by atoms with Gasteiger partial charge in [-0.05, 0) is 30.5 Å². The molecule has 166 valence electrons. The lowest BCUT2D eigenvalue weighted by Crippen LogP contribution is -2.31.